The van der Waals surface area contributed by atoms with Crippen molar-refractivity contribution in [2.24, 2.45) is 0 Å². The minimum Gasteiger partial charge on any atom is -0.420 e. The van der Waals surface area contributed by atoms with Crippen LogP contribution in [0.25, 0.3) is 0 Å². The fourth-order valence-electron chi connectivity index (χ4n) is 1.27. The van der Waals surface area contributed by atoms with Crippen LogP contribution in [0, 0.1) is 10.1 Å². The van der Waals surface area contributed by atoms with Crippen molar-refractivity contribution in [1.82, 2.24) is 4.98 Å². The van der Waals surface area contributed by atoms with Gasteiger partial charge in [0.1, 0.15) is 5.75 Å². The number of pyridine rings is 1. The first-order chi connectivity index (χ1) is 8.15. The number of nitro groups is 1. The standard InChI is InChI=1S/C11H9N3O3/c12-8-6-10(14(15)16)13-11(7-8)17-9-4-2-1-3-5-9/h1-7H,(H2,12,13). The third kappa shape index (κ3) is 2.69. The van der Waals surface area contributed by atoms with Gasteiger partial charge in [-0.1, -0.05) is 18.2 Å². The van der Waals surface area contributed by atoms with E-state index in [-0.39, 0.29) is 17.4 Å². The van der Waals surface area contributed by atoms with Crippen LogP contribution in [-0.2, 0) is 0 Å². The van der Waals surface area contributed by atoms with Crippen molar-refractivity contribution >= 4 is 11.5 Å². The molecule has 86 valence electrons. The van der Waals surface area contributed by atoms with Crippen LogP contribution in [0.2, 0.25) is 0 Å². The Balaban J connectivity index is 2.30. The van der Waals surface area contributed by atoms with Gasteiger partial charge in [0.2, 0.25) is 0 Å². The SMILES string of the molecule is Nc1cc(Oc2ccccc2)nc([N+](=O)[O-])c1. The van der Waals surface area contributed by atoms with Crippen molar-refractivity contribution in [1.29, 1.82) is 0 Å². The molecule has 0 bridgehead atoms. The first kappa shape index (κ1) is 10.9. The second-order valence-corrected chi connectivity index (χ2v) is 3.27. The van der Waals surface area contributed by atoms with Gasteiger partial charge in [0.05, 0.1) is 12.1 Å². The Labute approximate surface area is 96.8 Å². The molecule has 0 aliphatic heterocycles. The predicted octanol–water partition coefficient (Wildman–Crippen LogP) is 2.36. The van der Waals surface area contributed by atoms with Gasteiger partial charge < -0.3 is 20.6 Å². The van der Waals surface area contributed by atoms with Gasteiger partial charge in [-0.3, -0.25) is 0 Å². The lowest BCUT2D eigenvalue weighted by Gasteiger charge is -2.02. The molecule has 1 aromatic heterocycles. The molecule has 17 heavy (non-hydrogen) atoms. The van der Waals surface area contributed by atoms with Gasteiger partial charge >= 0.3 is 11.7 Å². The van der Waals surface area contributed by atoms with E-state index in [1.54, 1.807) is 24.3 Å². The van der Waals surface area contributed by atoms with Crippen LogP contribution in [0.4, 0.5) is 11.5 Å². The summed E-state index contributed by atoms with van der Waals surface area (Å²) >= 11 is 0. The Kier molecular flexibility index (Phi) is 2.87. The quantitative estimate of drug-likeness (QED) is 0.646. The van der Waals surface area contributed by atoms with E-state index in [1.165, 1.54) is 12.1 Å². The zero-order valence-corrected chi connectivity index (χ0v) is 8.74. The summed E-state index contributed by atoms with van der Waals surface area (Å²) in [7, 11) is 0. The monoisotopic (exact) mass is 231 g/mol. The lowest BCUT2D eigenvalue weighted by molar-refractivity contribution is -0.389. The van der Waals surface area contributed by atoms with Crippen molar-refractivity contribution < 1.29 is 9.66 Å². The smallest absolute Gasteiger partial charge is 0.369 e. The topological polar surface area (TPSA) is 91.3 Å². The highest BCUT2D eigenvalue weighted by Crippen LogP contribution is 2.24. The highest BCUT2D eigenvalue weighted by Gasteiger charge is 2.13. The van der Waals surface area contributed by atoms with Gasteiger partial charge in [-0.25, -0.2) is 0 Å². The van der Waals surface area contributed by atoms with Gasteiger partial charge in [-0.2, -0.15) is 0 Å². The molecule has 0 atom stereocenters. The van der Waals surface area contributed by atoms with Crippen LogP contribution in [0.15, 0.2) is 42.5 Å². The summed E-state index contributed by atoms with van der Waals surface area (Å²) in [6.45, 7) is 0. The van der Waals surface area contributed by atoms with E-state index in [9.17, 15) is 10.1 Å². The summed E-state index contributed by atoms with van der Waals surface area (Å²) < 4.78 is 5.35. The van der Waals surface area contributed by atoms with E-state index >= 15 is 0 Å². The molecule has 0 saturated heterocycles. The average molecular weight is 231 g/mol. The normalized spacial score (nSPS) is 9.88. The van der Waals surface area contributed by atoms with Crippen molar-refractivity contribution in [3.8, 4) is 11.6 Å². The second kappa shape index (κ2) is 4.48. The van der Waals surface area contributed by atoms with Crippen LogP contribution in [0.3, 0.4) is 0 Å². The van der Waals surface area contributed by atoms with Gasteiger partial charge in [0.15, 0.2) is 0 Å². The van der Waals surface area contributed by atoms with E-state index in [0.717, 1.165) is 0 Å². The highest BCUT2D eigenvalue weighted by atomic mass is 16.6. The lowest BCUT2D eigenvalue weighted by atomic mass is 10.3. The molecule has 2 N–H and O–H groups in total. The Morgan fingerprint density at radius 2 is 1.94 bits per heavy atom. The van der Waals surface area contributed by atoms with Crippen LogP contribution in [0.1, 0.15) is 0 Å². The second-order valence-electron chi connectivity index (χ2n) is 3.27. The maximum atomic E-state index is 10.6. The largest absolute Gasteiger partial charge is 0.420 e. The Morgan fingerprint density at radius 1 is 1.24 bits per heavy atom. The van der Waals surface area contributed by atoms with E-state index in [2.05, 4.69) is 4.98 Å². The van der Waals surface area contributed by atoms with E-state index in [1.807, 2.05) is 6.07 Å². The molecule has 0 amide bonds. The van der Waals surface area contributed by atoms with Crippen LogP contribution in [-0.4, -0.2) is 9.91 Å². The number of anilines is 1. The molecular formula is C11H9N3O3. The number of hydrogen-bond donors (Lipinski definition) is 1. The molecule has 0 fully saturated rings. The molecule has 6 heteroatoms. The maximum absolute atomic E-state index is 10.6. The van der Waals surface area contributed by atoms with Crippen molar-refractivity contribution in [3.05, 3.63) is 52.6 Å². The number of para-hydroxylation sites is 1. The number of nitrogen functional groups attached to an aromatic ring is 1. The number of nitrogens with zero attached hydrogens (tertiary/aromatic N) is 2. The molecule has 0 saturated carbocycles. The molecule has 0 aliphatic rings. The summed E-state index contributed by atoms with van der Waals surface area (Å²) in [5, 5.41) is 10.6. The minimum atomic E-state index is -0.617. The summed E-state index contributed by atoms with van der Waals surface area (Å²) in [5.41, 5.74) is 5.76. The van der Waals surface area contributed by atoms with Gasteiger partial charge in [0, 0.05) is 10.7 Å². The summed E-state index contributed by atoms with van der Waals surface area (Å²) in [4.78, 5) is 13.7. The molecule has 0 spiro atoms. The molecule has 0 aliphatic carbocycles. The van der Waals surface area contributed by atoms with Crippen molar-refractivity contribution in [2.45, 2.75) is 0 Å². The first-order valence-electron chi connectivity index (χ1n) is 4.80. The van der Waals surface area contributed by atoms with Gasteiger partial charge in [0.25, 0.3) is 0 Å². The van der Waals surface area contributed by atoms with Crippen LogP contribution in [0.5, 0.6) is 11.6 Å². The molecular weight excluding hydrogens is 222 g/mol. The first-order valence-corrected chi connectivity index (χ1v) is 4.80. The lowest BCUT2D eigenvalue weighted by Crippen LogP contribution is -1.97. The summed E-state index contributed by atoms with van der Waals surface area (Å²) in [6.07, 6.45) is 0. The molecule has 6 nitrogen and oxygen atoms in total. The molecule has 1 heterocycles. The molecule has 1 aromatic carbocycles. The van der Waals surface area contributed by atoms with E-state index < -0.39 is 4.92 Å². The summed E-state index contributed by atoms with van der Waals surface area (Å²) in [5.74, 6) is 0.304. The highest BCUT2D eigenvalue weighted by molar-refractivity contribution is 5.47. The molecule has 2 rings (SSSR count). The Hall–Kier alpha value is -2.63. The zero-order valence-electron chi connectivity index (χ0n) is 8.74. The van der Waals surface area contributed by atoms with Crippen molar-refractivity contribution in [2.75, 3.05) is 5.73 Å². The van der Waals surface area contributed by atoms with Gasteiger partial charge in [-0.05, 0) is 17.1 Å². The average Bonchev–Trinajstić information content (AvgIpc) is 2.29. The van der Waals surface area contributed by atoms with Crippen molar-refractivity contribution in [3.63, 3.8) is 0 Å². The third-order valence-electron chi connectivity index (χ3n) is 1.96. The number of benzene rings is 1. The minimum absolute atomic E-state index is 0.0999. The number of rotatable bonds is 3. The van der Waals surface area contributed by atoms with Gasteiger partial charge in [-0.15, -0.1) is 0 Å². The molecule has 0 radical (unpaired) electrons. The third-order valence-corrected chi connectivity index (χ3v) is 1.96. The number of hydrogen-bond acceptors (Lipinski definition) is 5. The Bertz CT molecular complexity index is 543. The maximum Gasteiger partial charge on any atom is 0.369 e. The summed E-state index contributed by atoms with van der Waals surface area (Å²) in [6, 6.07) is 11.5. The van der Waals surface area contributed by atoms with Crippen LogP contribution >= 0.6 is 0 Å². The molecule has 0 unspecified atom stereocenters. The number of nitrogens with two attached hydrogens (primary N) is 1. The van der Waals surface area contributed by atoms with Crippen LogP contribution < -0.4 is 10.5 Å². The fraction of sp³-hybridized carbons (Fsp3) is 0. The fourth-order valence-corrected chi connectivity index (χ4v) is 1.27. The zero-order chi connectivity index (χ0) is 12.3. The number of ether oxygens (including phenoxy) is 1. The number of aromatic nitrogens is 1. The Morgan fingerprint density at radius 3 is 2.59 bits per heavy atom. The predicted molar refractivity (Wildman–Crippen MR) is 61.8 cm³/mol. The molecule has 2 aromatic rings. The van der Waals surface area contributed by atoms with E-state index in [4.69, 9.17) is 10.5 Å². The van der Waals surface area contributed by atoms with E-state index in [0.29, 0.717) is 5.75 Å².